The molecule has 124 valence electrons. The Morgan fingerprint density at radius 3 is 3.00 bits per heavy atom. The lowest BCUT2D eigenvalue weighted by Crippen LogP contribution is -2.45. The van der Waals surface area contributed by atoms with Crippen molar-refractivity contribution in [1.82, 2.24) is 5.32 Å². The van der Waals surface area contributed by atoms with Crippen molar-refractivity contribution in [2.75, 3.05) is 18.1 Å². The molecule has 2 amide bonds. The van der Waals surface area contributed by atoms with E-state index in [1.807, 2.05) is 12.1 Å². The number of hydrogen-bond acceptors (Lipinski definition) is 3. The number of benzene rings is 1. The molecule has 23 heavy (non-hydrogen) atoms. The highest BCUT2D eigenvalue weighted by atomic mass is 35.5. The fourth-order valence-corrected chi connectivity index (χ4v) is 2.65. The van der Waals surface area contributed by atoms with E-state index in [9.17, 15) is 9.59 Å². The van der Waals surface area contributed by atoms with Crippen molar-refractivity contribution in [1.29, 1.82) is 0 Å². The number of para-hydroxylation sites is 1. The number of rotatable bonds is 7. The third-order valence-electron chi connectivity index (χ3n) is 3.72. The van der Waals surface area contributed by atoms with E-state index in [0.717, 1.165) is 0 Å². The van der Waals surface area contributed by atoms with Gasteiger partial charge in [-0.05, 0) is 31.9 Å². The minimum Gasteiger partial charge on any atom is -0.368 e. The molecule has 1 saturated heterocycles. The summed E-state index contributed by atoms with van der Waals surface area (Å²) in [4.78, 5) is 26.2. The van der Waals surface area contributed by atoms with Gasteiger partial charge in [0.2, 0.25) is 11.8 Å². The lowest BCUT2D eigenvalue weighted by Gasteiger charge is -2.19. The van der Waals surface area contributed by atoms with Gasteiger partial charge in [-0.3, -0.25) is 9.59 Å². The summed E-state index contributed by atoms with van der Waals surface area (Å²) < 4.78 is 5.39. The van der Waals surface area contributed by atoms with Crippen LogP contribution in [-0.2, 0) is 14.3 Å². The first-order valence-corrected chi connectivity index (χ1v) is 8.01. The molecule has 6 heteroatoms. The van der Waals surface area contributed by atoms with Crippen LogP contribution in [-0.4, -0.2) is 37.1 Å². The molecular weight excluding hydrogens is 316 g/mol. The van der Waals surface area contributed by atoms with Crippen molar-refractivity contribution in [3.05, 3.63) is 41.9 Å². The Hall–Kier alpha value is -1.85. The van der Waals surface area contributed by atoms with Crippen LogP contribution in [0.2, 0.25) is 5.02 Å². The van der Waals surface area contributed by atoms with E-state index in [2.05, 4.69) is 11.9 Å². The molecular formula is C17H21ClN2O3. The maximum atomic E-state index is 12.5. The molecule has 2 atom stereocenters. The average molecular weight is 337 g/mol. The topological polar surface area (TPSA) is 58.6 Å². The summed E-state index contributed by atoms with van der Waals surface area (Å²) in [6.45, 7) is 6.23. The first-order valence-electron chi connectivity index (χ1n) is 7.63. The van der Waals surface area contributed by atoms with Crippen molar-refractivity contribution in [2.45, 2.75) is 31.9 Å². The third-order valence-corrected chi connectivity index (χ3v) is 4.04. The second kappa shape index (κ2) is 8.13. The second-order valence-electron chi connectivity index (χ2n) is 5.38. The number of anilines is 1. The highest BCUT2D eigenvalue weighted by molar-refractivity contribution is 6.34. The molecule has 1 aromatic rings. The zero-order valence-electron chi connectivity index (χ0n) is 13.1. The zero-order valence-corrected chi connectivity index (χ0v) is 13.9. The van der Waals surface area contributed by atoms with Crippen molar-refractivity contribution in [3.63, 3.8) is 0 Å². The van der Waals surface area contributed by atoms with Crippen LogP contribution >= 0.6 is 11.6 Å². The monoisotopic (exact) mass is 336 g/mol. The number of nitrogens with one attached hydrogen (secondary N) is 1. The zero-order chi connectivity index (χ0) is 16.8. The maximum absolute atomic E-state index is 12.5. The smallest absolute Gasteiger partial charge is 0.249 e. The van der Waals surface area contributed by atoms with Gasteiger partial charge in [0, 0.05) is 6.54 Å². The first-order chi connectivity index (χ1) is 11.0. The Bertz CT molecular complexity index is 591. The minimum absolute atomic E-state index is 0.148. The van der Waals surface area contributed by atoms with Gasteiger partial charge in [-0.25, -0.2) is 0 Å². The second-order valence-corrected chi connectivity index (χ2v) is 5.79. The number of hydrogen-bond donors (Lipinski definition) is 1. The van der Waals surface area contributed by atoms with Crippen LogP contribution in [0, 0.1) is 0 Å². The van der Waals surface area contributed by atoms with E-state index in [1.165, 1.54) is 0 Å². The molecule has 1 heterocycles. The number of amides is 2. The first kappa shape index (κ1) is 17.5. The van der Waals surface area contributed by atoms with Crippen molar-refractivity contribution in [3.8, 4) is 0 Å². The molecule has 1 fully saturated rings. The van der Waals surface area contributed by atoms with Gasteiger partial charge in [0.15, 0.2) is 0 Å². The Labute approximate surface area is 141 Å². The van der Waals surface area contributed by atoms with Crippen LogP contribution in [0.15, 0.2) is 36.9 Å². The van der Waals surface area contributed by atoms with Crippen LogP contribution in [0.1, 0.15) is 19.8 Å². The maximum Gasteiger partial charge on any atom is 0.249 e. The normalized spacial score (nSPS) is 18.8. The van der Waals surface area contributed by atoms with Crippen LogP contribution < -0.4 is 10.2 Å². The van der Waals surface area contributed by atoms with Gasteiger partial charge < -0.3 is 15.0 Å². The van der Waals surface area contributed by atoms with Crippen LogP contribution in [0.3, 0.4) is 0 Å². The molecule has 0 unspecified atom stereocenters. The molecule has 0 aromatic heterocycles. The van der Waals surface area contributed by atoms with E-state index in [4.69, 9.17) is 16.3 Å². The van der Waals surface area contributed by atoms with E-state index in [1.54, 1.807) is 30.0 Å². The summed E-state index contributed by atoms with van der Waals surface area (Å²) in [6, 6.07) is 6.64. The number of nitrogens with zero attached hydrogens (tertiary/aromatic N) is 1. The van der Waals surface area contributed by atoms with Gasteiger partial charge in [0.05, 0.1) is 17.3 Å². The molecule has 1 N–H and O–H groups in total. The highest BCUT2D eigenvalue weighted by Crippen LogP contribution is 2.28. The summed E-state index contributed by atoms with van der Waals surface area (Å²) in [5, 5.41) is 3.27. The molecule has 1 aliphatic heterocycles. The largest absolute Gasteiger partial charge is 0.368 e. The van der Waals surface area contributed by atoms with E-state index in [-0.39, 0.29) is 11.8 Å². The molecule has 0 bridgehead atoms. The van der Waals surface area contributed by atoms with Gasteiger partial charge in [-0.15, -0.1) is 6.58 Å². The number of halogens is 1. The number of ether oxygens (including phenoxy) is 1. The Kier molecular flexibility index (Phi) is 6.19. The van der Waals surface area contributed by atoms with Gasteiger partial charge in [0.1, 0.15) is 12.1 Å². The fraction of sp³-hybridized carbons (Fsp3) is 0.412. The molecule has 2 rings (SSSR count). The Balaban J connectivity index is 1.93. The predicted octanol–water partition coefficient (Wildman–Crippen LogP) is 2.54. The van der Waals surface area contributed by atoms with Crippen molar-refractivity contribution >= 4 is 29.1 Å². The summed E-state index contributed by atoms with van der Waals surface area (Å²) in [5.74, 6) is -0.432. The van der Waals surface area contributed by atoms with E-state index in [0.29, 0.717) is 36.7 Å². The van der Waals surface area contributed by atoms with E-state index >= 15 is 0 Å². The summed E-state index contributed by atoms with van der Waals surface area (Å²) in [7, 11) is 0. The molecule has 5 nitrogen and oxygen atoms in total. The van der Waals surface area contributed by atoms with Gasteiger partial charge in [-0.2, -0.15) is 0 Å². The Morgan fingerprint density at radius 1 is 1.57 bits per heavy atom. The molecule has 0 aliphatic carbocycles. The molecule has 1 aliphatic rings. The SMILES string of the molecule is C=CCCO[C@H](C)C(=O)N[C@@H]1CCN(c2ccccc2Cl)C1=O. The van der Waals surface area contributed by atoms with Crippen molar-refractivity contribution < 1.29 is 14.3 Å². The molecule has 0 radical (unpaired) electrons. The average Bonchev–Trinajstić information content (AvgIpc) is 2.89. The fourth-order valence-electron chi connectivity index (χ4n) is 2.42. The standard InChI is InChI=1S/C17H21ClN2O3/c1-3-4-11-23-12(2)16(21)19-14-9-10-20(17(14)22)15-8-6-5-7-13(15)18/h3,5-8,12,14H,1,4,9-11H2,2H3,(H,19,21)/t12-,14-/m1/s1. The van der Waals surface area contributed by atoms with Gasteiger partial charge in [0.25, 0.3) is 0 Å². The lowest BCUT2D eigenvalue weighted by atomic mass is 10.2. The van der Waals surface area contributed by atoms with Crippen LogP contribution in [0.4, 0.5) is 5.69 Å². The lowest BCUT2D eigenvalue weighted by molar-refractivity contribution is -0.134. The number of carbonyl (C=O) groups is 2. The molecule has 1 aromatic carbocycles. The van der Waals surface area contributed by atoms with Crippen molar-refractivity contribution in [2.24, 2.45) is 0 Å². The van der Waals surface area contributed by atoms with Crippen LogP contribution in [0.25, 0.3) is 0 Å². The van der Waals surface area contributed by atoms with E-state index < -0.39 is 12.1 Å². The summed E-state index contributed by atoms with van der Waals surface area (Å²) >= 11 is 6.14. The summed E-state index contributed by atoms with van der Waals surface area (Å²) in [5.41, 5.74) is 0.672. The molecule has 0 saturated carbocycles. The summed E-state index contributed by atoms with van der Waals surface area (Å²) in [6.07, 6.45) is 2.36. The predicted molar refractivity (Wildman–Crippen MR) is 90.6 cm³/mol. The third kappa shape index (κ3) is 4.33. The molecule has 0 spiro atoms. The number of carbonyl (C=O) groups excluding carboxylic acids is 2. The van der Waals surface area contributed by atoms with Crippen LogP contribution in [0.5, 0.6) is 0 Å². The quantitative estimate of drug-likeness (QED) is 0.615. The van der Waals surface area contributed by atoms with Gasteiger partial charge >= 0.3 is 0 Å². The minimum atomic E-state index is -0.600. The van der Waals surface area contributed by atoms with Gasteiger partial charge in [-0.1, -0.05) is 29.8 Å². The Morgan fingerprint density at radius 2 is 2.30 bits per heavy atom. The highest BCUT2D eigenvalue weighted by Gasteiger charge is 2.35.